The van der Waals surface area contributed by atoms with Crippen molar-refractivity contribution in [2.45, 2.75) is 68.6 Å². The number of sulfone groups is 1. The smallest absolute Gasteiger partial charge is 0.228 e. The SMILES string of the molecule is COCCCn1c(CN(C)[C@@H](C)c2ccncn2)cnc1S(=O)(=O)C1CCCC1. The fourth-order valence-corrected chi connectivity index (χ4v) is 5.83. The summed E-state index contributed by atoms with van der Waals surface area (Å²) in [6.45, 7) is 3.80. The molecule has 160 valence electrons. The van der Waals surface area contributed by atoms with Crippen molar-refractivity contribution < 1.29 is 13.2 Å². The first-order chi connectivity index (χ1) is 13.9. The second-order valence-electron chi connectivity index (χ2n) is 7.71. The van der Waals surface area contributed by atoms with Crippen LogP contribution in [0.15, 0.2) is 29.9 Å². The van der Waals surface area contributed by atoms with Crippen LogP contribution in [-0.2, 0) is 27.7 Å². The Bertz CT molecular complexity index is 879. The molecule has 1 atom stereocenters. The lowest BCUT2D eigenvalue weighted by molar-refractivity contribution is 0.187. The van der Waals surface area contributed by atoms with Crippen molar-refractivity contribution in [3.05, 3.63) is 36.2 Å². The van der Waals surface area contributed by atoms with E-state index in [0.29, 0.717) is 19.7 Å². The first-order valence-electron chi connectivity index (χ1n) is 10.2. The lowest BCUT2D eigenvalue weighted by Crippen LogP contribution is -2.26. The van der Waals surface area contributed by atoms with E-state index in [0.717, 1.165) is 43.5 Å². The number of rotatable bonds is 10. The van der Waals surface area contributed by atoms with Gasteiger partial charge in [0.15, 0.2) is 0 Å². The van der Waals surface area contributed by atoms with Crippen molar-refractivity contribution in [2.75, 3.05) is 20.8 Å². The number of ether oxygens (including phenoxy) is 1. The average Bonchev–Trinajstić information content (AvgIpc) is 3.39. The standard InChI is InChI=1S/C20H31N5O3S/c1-16(19-9-10-21-15-23-19)24(2)14-17-13-22-20(25(17)11-6-12-28-3)29(26,27)18-7-4-5-8-18/h9-10,13,15-16,18H,4-8,11-12,14H2,1-3H3/t16-/m0/s1. The van der Waals surface area contributed by atoms with Crippen molar-refractivity contribution in [1.29, 1.82) is 0 Å². The maximum absolute atomic E-state index is 13.2. The molecule has 1 saturated carbocycles. The Morgan fingerprint density at radius 3 is 2.72 bits per heavy atom. The summed E-state index contributed by atoms with van der Waals surface area (Å²) in [6.07, 6.45) is 9.12. The molecule has 0 saturated heterocycles. The van der Waals surface area contributed by atoms with Crippen molar-refractivity contribution in [2.24, 2.45) is 0 Å². The van der Waals surface area contributed by atoms with Gasteiger partial charge in [0.2, 0.25) is 15.0 Å². The molecular formula is C20H31N5O3S. The summed E-state index contributed by atoms with van der Waals surface area (Å²) in [5.41, 5.74) is 1.81. The molecule has 29 heavy (non-hydrogen) atoms. The quantitative estimate of drug-likeness (QED) is 0.545. The molecule has 0 bridgehead atoms. The van der Waals surface area contributed by atoms with Crippen molar-refractivity contribution >= 4 is 9.84 Å². The van der Waals surface area contributed by atoms with Gasteiger partial charge in [0, 0.05) is 39.0 Å². The van der Waals surface area contributed by atoms with Crippen LogP contribution < -0.4 is 0 Å². The van der Waals surface area contributed by atoms with Crippen LogP contribution in [0.1, 0.15) is 56.5 Å². The predicted molar refractivity (Wildman–Crippen MR) is 110 cm³/mol. The summed E-state index contributed by atoms with van der Waals surface area (Å²) in [7, 11) is 0.237. The Labute approximate surface area is 173 Å². The van der Waals surface area contributed by atoms with Crippen LogP contribution >= 0.6 is 0 Å². The molecule has 1 aliphatic rings. The molecule has 2 aromatic rings. The van der Waals surface area contributed by atoms with E-state index >= 15 is 0 Å². The molecule has 0 spiro atoms. The van der Waals surface area contributed by atoms with E-state index < -0.39 is 9.84 Å². The molecule has 1 aliphatic carbocycles. The summed E-state index contributed by atoms with van der Waals surface area (Å²) >= 11 is 0. The van der Waals surface area contributed by atoms with E-state index in [9.17, 15) is 8.42 Å². The topological polar surface area (TPSA) is 90.2 Å². The zero-order valence-corrected chi connectivity index (χ0v) is 18.3. The van der Waals surface area contributed by atoms with Gasteiger partial charge >= 0.3 is 0 Å². The molecule has 9 heteroatoms. The van der Waals surface area contributed by atoms with Crippen LogP contribution in [0.5, 0.6) is 0 Å². The zero-order chi connectivity index (χ0) is 20.9. The molecular weight excluding hydrogens is 390 g/mol. The van der Waals surface area contributed by atoms with Gasteiger partial charge in [-0.2, -0.15) is 0 Å². The van der Waals surface area contributed by atoms with Gasteiger partial charge < -0.3 is 9.30 Å². The van der Waals surface area contributed by atoms with Crippen LogP contribution in [0.3, 0.4) is 0 Å². The Balaban J connectivity index is 1.85. The van der Waals surface area contributed by atoms with E-state index in [1.165, 1.54) is 0 Å². The zero-order valence-electron chi connectivity index (χ0n) is 17.5. The number of methoxy groups -OCH3 is 1. The Morgan fingerprint density at radius 2 is 2.07 bits per heavy atom. The molecule has 0 amide bonds. The van der Waals surface area contributed by atoms with E-state index in [4.69, 9.17) is 4.74 Å². The third-order valence-corrected chi connectivity index (χ3v) is 7.92. The van der Waals surface area contributed by atoms with Gasteiger partial charge in [0.25, 0.3) is 0 Å². The second kappa shape index (κ2) is 9.77. The lowest BCUT2D eigenvalue weighted by Gasteiger charge is -2.25. The highest BCUT2D eigenvalue weighted by atomic mass is 32.2. The molecule has 3 rings (SSSR count). The molecule has 8 nitrogen and oxygen atoms in total. The van der Waals surface area contributed by atoms with E-state index in [1.54, 1.807) is 25.8 Å². The first-order valence-corrected chi connectivity index (χ1v) is 11.7. The monoisotopic (exact) mass is 421 g/mol. The maximum atomic E-state index is 13.2. The summed E-state index contributed by atoms with van der Waals surface area (Å²) in [6, 6.07) is 1.96. The number of nitrogens with zero attached hydrogens (tertiary/aromatic N) is 5. The minimum atomic E-state index is -3.42. The van der Waals surface area contributed by atoms with E-state index in [1.807, 2.05) is 17.7 Å². The molecule has 0 N–H and O–H groups in total. The fraction of sp³-hybridized carbons (Fsp3) is 0.650. The van der Waals surface area contributed by atoms with Gasteiger partial charge in [-0.25, -0.2) is 23.4 Å². The van der Waals surface area contributed by atoms with Crippen molar-refractivity contribution in [3.8, 4) is 0 Å². The third-order valence-electron chi connectivity index (χ3n) is 5.73. The molecule has 2 aromatic heterocycles. The Morgan fingerprint density at radius 1 is 1.31 bits per heavy atom. The second-order valence-corrected chi connectivity index (χ2v) is 9.83. The van der Waals surface area contributed by atoms with Crippen LogP contribution in [0, 0.1) is 0 Å². The fourth-order valence-electron chi connectivity index (χ4n) is 3.87. The van der Waals surface area contributed by atoms with Gasteiger partial charge in [-0.3, -0.25) is 4.90 Å². The van der Waals surface area contributed by atoms with Gasteiger partial charge in [-0.15, -0.1) is 0 Å². The third kappa shape index (κ3) is 5.02. The Hall–Kier alpha value is -1.84. The molecule has 0 radical (unpaired) electrons. The normalized spacial score (nSPS) is 16.6. The number of aromatic nitrogens is 4. The molecule has 0 aromatic carbocycles. The summed E-state index contributed by atoms with van der Waals surface area (Å²) < 4.78 is 33.4. The number of imidazole rings is 1. The summed E-state index contributed by atoms with van der Waals surface area (Å²) in [5.74, 6) is 0. The van der Waals surface area contributed by atoms with Crippen molar-refractivity contribution in [3.63, 3.8) is 0 Å². The minimum Gasteiger partial charge on any atom is -0.385 e. The first kappa shape index (κ1) is 21.9. The molecule has 1 fully saturated rings. The van der Waals surface area contributed by atoms with Gasteiger partial charge in [-0.05, 0) is 39.3 Å². The minimum absolute atomic E-state index is 0.0650. The maximum Gasteiger partial charge on any atom is 0.228 e. The van der Waals surface area contributed by atoms with Crippen molar-refractivity contribution in [1.82, 2.24) is 24.4 Å². The summed E-state index contributed by atoms with van der Waals surface area (Å²) in [4.78, 5) is 14.8. The van der Waals surface area contributed by atoms with E-state index in [2.05, 4.69) is 26.8 Å². The van der Waals surface area contributed by atoms with Gasteiger partial charge in [0.05, 0.1) is 22.8 Å². The molecule has 0 unspecified atom stereocenters. The molecule has 2 heterocycles. The summed E-state index contributed by atoms with van der Waals surface area (Å²) in [5, 5.41) is -0.102. The van der Waals surface area contributed by atoms with Crippen LogP contribution in [0.2, 0.25) is 0 Å². The highest BCUT2D eigenvalue weighted by molar-refractivity contribution is 7.91. The van der Waals surface area contributed by atoms with Crippen LogP contribution in [-0.4, -0.2) is 58.9 Å². The number of hydrogen-bond donors (Lipinski definition) is 0. The largest absolute Gasteiger partial charge is 0.385 e. The predicted octanol–water partition coefficient (Wildman–Crippen LogP) is 2.62. The highest BCUT2D eigenvalue weighted by Gasteiger charge is 2.34. The number of hydrogen-bond acceptors (Lipinski definition) is 7. The lowest BCUT2D eigenvalue weighted by atomic mass is 10.2. The molecule has 0 aliphatic heterocycles. The average molecular weight is 422 g/mol. The van der Waals surface area contributed by atoms with Gasteiger partial charge in [-0.1, -0.05) is 12.8 Å². The Kier molecular flexibility index (Phi) is 7.37. The highest BCUT2D eigenvalue weighted by Crippen LogP contribution is 2.30. The van der Waals surface area contributed by atoms with Crippen LogP contribution in [0.4, 0.5) is 0 Å². The van der Waals surface area contributed by atoms with Gasteiger partial charge in [0.1, 0.15) is 6.33 Å². The van der Waals surface area contributed by atoms with E-state index in [-0.39, 0.29) is 16.4 Å². The van der Waals surface area contributed by atoms with Crippen LogP contribution in [0.25, 0.3) is 0 Å².